The summed E-state index contributed by atoms with van der Waals surface area (Å²) in [6.07, 6.45) is 4.64. The summed E-state index contributed by atoms with van der Waals surface area (Å²) in [5, 5.41) is 4.21. The van der Waals surface area contributed by atoms with Crippen LogP contribution in [0.1, 0.15) is 46.6 Å². The first-order valence-corrected chi connectivity index (χ1v) is 8.54. The summed E-state index contributed by atoms with van der Waals surface area (Å²) in [6.45, 7) is 4.05. The highest BCUT2D eigenvalue weighted by molar-refractivity contribution is 9.10. The summed E-state index contributed by atoms with van der Waals surface area (Å²) in [7, 11) is 0. The molecule has 0 bridgehead atoms. The average Bonchev–Trinajstić information content (AvgIpc) is 2.97. The van der Waals surface area contributed by atoms with Crippen LogP contribution in [0.3, 0.4) is 0 Å². The quantitative estimate of drug-likeness (QED) is 0.872. The van der Waals surface area contributed by atoms with Crippen LogP contribution in [0.2, 0.25) is 0 Å². The number of hydrogen-bond donors (Lipinski definition) is 1. The number of halogens is 1. The van der Waals surface area contributed by atoms with Crippen molar-refractivity contribution in [3.05, 3.63) is 26.7 Å². The minimum absolute atomic E-state index is 0.0313. The number of amides is 1. The lowest BCUT2D eigenvalue weighted by molar-refractivity contribution is 0.0941. The summed E-state index contributed by atoms with van der Waals surface area (Å²) in [4.78, 5) is 18.6. The zero-order chi connectivity index (χ0) is 14.3. The Bertz CT molecular complexity index is 674. The average molecular weight is 353 g/mol. The van der Waals surface area contributed by atoms with Crippen LogP contribution in [0.5, 0.6) is 0 Å². The van der Waals surface area contributed by atoms with Crippen molar-refractivity contribution in [2.75, 3.05) is 0 Å². The molecule has 0 radical (unpaired) electrons. The zero-order valence-electron chi connectivity index (χ0n) is 11.6. The van der Waals surface area contributed by atoms with Crippen molar-refractivity contribution in [2.45, 2.75) is 45.6 Å². The normalized spacial score (nSPS) is 15.9. The van der Waals surface area contributed by atoms with Gasteiger partial charge in [-0.2, -0.15) is 0 Å². The number of carbonyl (C=O) groups excluding carboxylic acids is 1. The van der Waals surface area contributed by atoms with Gasteiger partial charge in [-0.3, -0.25) is 4.79 Å². The summed E-state index contributed by atoms with van der Waals surface area (Å²) < 4.78 is 0.887. The molecule has 20 heavy (non-hydrogen) atoms. The van der Waals surface area contributed by atoms with E-state index in [9.17, 15) is 4.79 Å². The molecule has 0 atom stereocenters. The molecule has 1 saturated carbocycles. The van der Waals surface area contributed by atoms with Crippen LogP contribution >= 0.6 is 27.3 Å². The Hall–Kier alpha value is -0.940. The molecule has 5 heteroatoms. The molecule has 3 nitrogen and oxygen atoms in total. The molecule has 3 rings (SSSR count). The second-order valence-electron chi connectivity index (χ2n) is 5.46. The lowest BCUT2D eigenvalue weighted by Crippen LogP contribution is -2.32. The van der Waals surface area contributed by atoms with E-state index < -0.39 is 0 Å². The fourth-order valence-electron chi connectivity index (χ4n) is 2.87. The smallest absolute Gasteiger partial charge is 0.262 e. The second kappa shape index (κ2) is 5.45. The van der Waals surface area contributed by atoms with Gasteiger partial charge in [0.05, 0.1) is 4.47 Å². The van der Waals surface area contributed by atoms with Crippen LogP contribution in [0, 0.1) is 13.8 Å². The summed E-state index contributed by atoms with van der Waals surface area (Å²) in [6, 6.07) is 2.40. The van der Waals surface area contributed by atoms with E-state index in [0.29, 0.717) is 6.04 Å². The van der Waals surface area contributed by atoms with Gasteiger partial charge < -0.3 is 5.32 Å². The number of thiophene rings is 1. The predicted molar refractivity (Wildman–Crippen MR) is 86.5 cm³/mol. The molecule has 1 amide bonds. The van der Waals surface area contributed by atoms with Crippen molar-refractivity contribution in [2.24, 2.45) is 0 Å². The molecule has 0 aromatic carbocycles. The van der Waals surface area contributed by atoms with Crippen LogP contribution in [-0.2, 0) is 0 Å². The van der Waals surface area contributed by atoms with Gasteiger partial charge in [-0.15, -0.1) is 11.3 Å². The van der Waals surface area contributed by atoms with Crippen molar-refractivity contribution >= 4 is 43.4 Å². The van der Waals surface area contributed by atoms with E-state index >= 15 is 0 Å². The summed E-state index contributed by atoms with van der Waals surface area (Å²) in [5.74, 6) is 0.0313. The maximum atomic E-state index is 12.4. The highest BCUT2D eigenvalue weighted by atomic mass is 79.9. The third-order valence-electron chi connectivity index (χ3n) is 3.83. The van der Waals surface area contributed by atoms with Crippen molar-refractivity contribution in [3.63, 3.8) is 0 Å². The van der Waals surface area contributed by atoms with Gasteiger partial charge in [-0.25, -0.2) is 4.98 Å². The molecular formula is C15H17BrN2OS. The van der Waals surface area contributed by atoms with E-state index in [4.69, 9.17) is 0 Å². The number of aryl methyl sites for hydroxylation is 2. The molecule has 0 saturated heterocycles. The van der Waals surface area contributed by atoms with Gasteiger partial charge in [0.25, 0.3) is 5.91 Å². The van der Waals surface area contributed by atoms with Crippen LogP contribution < -0.4 is 5.32 Å². The number of pyridine rings is 1. The molecule has 2 aromatic heterocycles. The van der Waals surface area contributed by atoms with Crippen LogP contribution in [0.25, 0.3) is 10.2 Å². The van der Waals surface area contributed by atoms with E-state index in [-0.39, 0.29) is 5.91 Å². The molecular weight excluding hydrogens is 336 g/mol. The molecule has 1 aliphatic rings. The van der Waals surface area contributed by atoms with E-state index in [2.05, 4.69) is 39.2 Å². The molecule has 2 aromatic rings. The number of nitrogens with zero attached hydrogens (tertiary/aromatic N) is 1. The highest BCUT2D eigenvalue weighted by Gasteiger charge is 2.23. The van der Waals surface area contributed by atoms with Crippen molar-refractivity contribution < 1.29 is 4.79 Å². The number of fused-ring (bicyclic) bond motifs is 1. The standard InChI is InChI=1S/C15H17BrN2OS/c1-8-7-9(2)17-15-11(8)12(16)13(20-15)14(19)18-10-5-3-4-6-10/h7,10H,3-6H2,1-2H3,(H,18,19). The topological polar surface area (TPSA) is 42.0 Å². The lowest BCUT2D eigenvalue weighted by atomic mass is 10.2. The zero-order valence-corrected chi connectivity index (χ0v) is 14.0. The minimum Gasteiger partial charge on any atom is -0.349 e. The van der Waals surface area contributed by atoms with Gasteiger partial charge in [0.2, 0.25) is 0 Å². The number of nitrogens with one attached hydrogen (secondary N) is 1. The Balaban J connectivity index is 1.97. The predicted octanol–water partition coefficient (Wildman–Crippen LogP) is 4.35. The van der Waals surface area contributed by atoms with Crippen molar-refractivity contribution in [1.29, 1.82) is 0 Å². The van der Waals surface area contributed by atoms with E-state index in [1.807, 2.05) is 6.92 Å². The molecule has 106 valence electrons. The molecule has 0 unspecified atom stereocenters. The van der Waals surface area contributed by atoms with E-state index in [0.717, 1.165) is 43.7 Å². The fraction of sp³-hybridized carbons (Fsp3) is 0.467. The first-order valence-electron chi connectivity index (χ1n) is 6.93. The van der Waals surface area contributed by atoms with Gasteiger partial charge in [-0.05, 0) is 54.2 Å². The van der Waals surface area contributed by atoms with Crippen molar-refractivity contribution in [3.8, 4) is 0 Å². The third kappa shape index (κ3) is 2.49. The maximum Gasteiger partial charge on any atom is 0.262 e. The number of hydrogen-bond acceptors (Lipinski definition) is 3. The van der Waals surface area contributed by atoms with Crippen molar-refractivity contribution in [1.82, 2.24) is 10.3 Å². The Labute approximate surface area is 130 Å². The van der Waals surface area contributed by atoms with Crippen LogP contribution in [0.15, 0.2) is 10.5 Å². The number of rotatable bonds is 2. The number of aromatic nitrogens is 1. The monoisotopic (exact) mass is 352 g/mol. The van der Waals surface area contributed by atoms with Gasteiger partial charge in [0, 0.05) is 17.1 Å². The maximum absolute atomic E-state index is 12.4. The van der Waals surface area contributed by atoms with Crippen LogP contribution in [-0.4, -0.2) is 16.9 Å². The van der Waals surface area contributed by atoms with Gasteiger partial charge in [-0.1, -0.05) is 12.8 Å². The van der Waals surface area contributed by atoms with E-state index in [1.54, 1.807) is 0 Å². The van der Waals surface area contributed by atoms with Gasteiger partial charge in [0.15, 0.2) is 0 Å². The van der Waals surface area contributed by atoms with Crippen LogP contribution in [0.4, 0.5) is 0 Å². The molecule has 0 aliphatic heterocycles. The SMILES string of the molecule is Cc1cc(C)c2c(Br)c(C(=O)NC3CCCC3)sc2n1. The minimum atomic E-state index is 0.0313. The highest BCUT2D eigenvalue weighted by Crippen LogP contribution is 2.37. The Morgan fingerprint density at radius 3 is 2.80 bits per heavy atom. The Kier molecular flexibility index (Phi) is 3.82. The molecule has 0 spiro atoms. The largest absolute Gasteiger partial charge is 0.349 e. The first-order chi connectivity index (χ1) is 9.56. The number of carbonyl (C=O) groups is 1. The Morgan fingerprint density at radius 2 is 2.10 bits per heavy atom. The van der Waals surface area contributed by atoms with Gasteiger partial charge in [0.1, 0.15) is 9.71 Å². The lowest BCUT2D eigenvalue weighted by Gasteiger charge is -2.10. The summed E-state index contributed by atoms with van der Waals surface area (Å²) in [5.41, 5.74) is 2.15. The molecule has 2 heterocycles. The molecule has 1 fully saturated rings. The summed E-state index contributed by atoms with van der Waals surface area (Å²) >= 11 is 5.06. The third-order valence-corrected chi connectivity index (χ3v) is 5.96. The Morgan fingerprint density at radius 1 is 1.40 bits per heavy atom. The fourth-order valence-corrected chi connectivity index (χ4v) is 5.01. The van der Waals surface area contributed by atoms with E-state index in [1.165, 1.54) is 24.2 Å². The molecule has 1 aliphatic carbocycles. The first kappa shape index (κ1) is 14.0. The van der Waals surface area contributed by atoms with Gasteiger partial charge >= 0.3 is 0 Å². The molecule has 1 N–H and O–H groups in total. The second-order valence-corrected chi connectivity index (χ2v) is 7.25.